The zero-order valence-electron chi connectivity index (χ0n) is 10.6. The summed E-state index contributed by atoms with van der Waals surface area (Å²) < 4.78 is 4.74. The second-order valence-corrected chi connectivity index (χ2v) is 4.01. The van der Waals surface area contributed by atoms with Gasteiger partial charge >= 0.3 is 0 Å². The average Bonchev–Trinajstić information content (AvgIpc) is 2.91. The molecule has 0 spiro atoms. The molecular weight excluding hydrogens is 244 g/mol. The molecule has 2 aromatic rings. The van der Waals surface area contributed by atoms with Crippen molar-refractivity contribution in [3.05, 3.63) is 41.8 Å². The molecule has 0 saturated heterocycles. The highest BCUT2D eigenvalue weighted by molar-refractivity contribution is 5.96. The predicted octanol–water partition coefficient (Wildman–Crippen LogP) is 1.62. The van der Waals surface area contributed by atoms with Crippen LogP contribution in [0.25, 0.3) is 0 Å². The van der Waals surface area contributed by atoms with Crippen molar-refractivity contribution in [2.45, 2.75) is 13.5 Å². The number of aromatic nitrogens is 1. The number of rotatable bonds is 5. The van der Waals surface area contributed by atoms with Crippen LogP contribution in [-0.4, -0.2) is 17.6 Å². The lowest BCUT2D eigenvalue weighted by Gasteiger charge is -2.10. The predicted molar refractivity (Wildman–Crippen MR) is 72.7 cm³/mol. The van der Waals surface area contributed by atoms with E-state index in [2.05, 4.69) is 15.8 Å². The minimum Gasteiger partial charge on any atom is -0.397 e. The number of nitrogen functional groups attached to an aromatic ring is 1. The van der Waals surface area contributed by atoms with Crippen molar-refractivity contribution in [2.24, 2.45) is 0 Å². The van der Waals surface area contributed by atoms with Crippen molar-refractivity contribution in [3.8, 4) is 0 Å². The zero-order chi connectivity index (χ0) is 13.7. The maximum Gasteiger partial charge on any atom is 0.251 e. The molecule has 100 valence electrons. The molecule has 0 atom stereocenters. The van der Waals surface area contributed by atoms with Crippen LogP contribution in [0.4, 0.5) is 11.4 Å². The van der Waals surface area contributed by atoms with E-state index in [1.807, 2.05) is 6.92 Å². The van der Waals surface area contributed by atoms with E-state index in [1.54, 1.807) is 24.3 Å². The third-order valence-electron chi connectivity index (χ3n) is 2.60. The highest BCUT2D eigenvalue weighted by Gasteiger charge is 2.07. The van der Waals surface area contributed by atoms with Crippen LogP contribution < -0.4 is 16.4 Å². The van der Waals surface area contributed by atoms with Crippen molar-refractivity contribution in [2.75, 3.05) is 17.6 Å². The molecule has 2 rings (SSSR count). The van der Waals surface area contributed by atoms with Gasteiger partial charge < -0.3 is 20.9 Å². The lowest BCUT2D eigenvalue weighted by molar-refractivity contribution is 0.0956. The first kappa shape index (κ1) is 12.9. The number of nitrogens with zero attached hydrogens (tertiary/aromatic N) is 1. The van der Waals surface area contributed by atoms with E-state index in [-0.39, 0.29) is 5.91 Å². The van der Waals surface area contributed by atoms with E-state index in [0.717, 1.165) is 5.69 Å². The van der Waals surface area contributed by atoms with Gasteiger partial charge in [-0.3, -0.25) is 4.79 Å². The molecule has 1 aromatic heterocycles. The molecule has 4 N–H and O–H groups in total. The minimum atomic E-state index is -0.119. The molecule has 0 aliphatic rings. The molecule has 0 saturated carbocycles. The minimum absolute atomic E-state index is 0.119. The molecule has 6 heteroatoms. The summed E-state index contributed by atoms with van der Waals surface area (Å²) in [5, 5.41) is 9.66. The van der Waals surface area contributed by atoms with Gasteiger partial charge in [0.2, 0.25) is 0 Å². The molecule has 0 bridgehead atoms. The van der Waals surface area contributed by atoms with Gasteiger partial charge in [-0.1, -0.05) is 5.16 Å². The largest absolute Gasteiger partial charge is 0.397 e. The summed E-state index contributed by atoms with van der Waals surface area (Å²) in [7, 11) is 0. The molecular formula is C13H16N4O2. The summed E-state index contributed by atoms with van der Waals surface area (Å²) in [5.41, 5.74) is 8.48. The lowest BCUT2D eigenvalue weighted by atomic mass is 10.1. The monoisotopic (exact) mass is 260 g/mol. The lowest BCUT2D eigenvalue weighted by Crippen LogP contribution is -2.22. The Morgan fingerprint density at radius 2 is 2.26 bits per heavy atom. The van der Waals surface area contributed by atoms with Gasteiger partial charge in [0.1, 0.15) is 12.0 Å². The van der Waals surface area contributed by atoms with Crippen LogP contribution in [0.5, 0.6) is 0 Å². The Kier molecular flexibility index (Phi) is 4.02. The van der Waals surface area contributed by atoms with Gasteiger partial charge in [-0.05, 0) is 25.1 Å². The fraction of sp³-hybridized carbons (Fsp3) is 0.231. The Labute approximate surface area is 111 Å². The number of amides is 1. The van der Waals surface area contributed by atoms with Crippen LogP contribution in [0.2, 0.25) is 0 Å². The van der Waals surface area contributed by atoms with Crippen LogP contribution in [0.3, 0.4) is 0 Å². The van der Waals surface area contributed by atoms with Gasteiger partial charge in [-0.25, -0.2) is 0 Å². The number of hydrogen-bond donors (Lipinski definition) is 3. The van der Waals surface area contributed by atoms with Gasteiger partial charge in [0.15, 0.2) is 0 Å². The highest BCUT2D eigenvalue weighted by atomic mass is 16.5. The van der Waals surface area contributed by atoms with Gasteiger partial charge in [-0.15, -0.1) is 0 Å². The number of carbonyl (C=O) groups is 1. The molecule has 1 heterocycles. The van der Waals surface area contributed by atoms with Crippen LogP contribution in [0.15, 0.2) is 35.1 Å². The summed E-state index contributed by atoms with van der Waals surface area (Å²) in [6.07, 6.45) is 1.51. The molecule has 0 aliphatic carbocycles. The van der Waals surface area contributed by atoms with Crippen LogP contribution >= 0.6 is 0 Å². The Bertz CT molecular complexity index is 552. The summed E-state index contributed by atoms with van der Waals surface area (Å²) in [6.45, 7) is 2.95. The van der Waals surface area contributed by atoms with Crippen molar-refractivity contribution in [3.63, 3.8) is 0 Å². The molecule has 0 aliphatic heterocycles. The second-order valence-electron chi connectivity index (χ2n) is 4.01. The number of hydrogen-bond acceptors (Lipinski definition) is 5. The van der Waals surface area contributed by atoms with Crippen LogP contribution in [0, 0.1) is 0 Å². The quantitative estimate of drug-likeness (QED) is 0.710. The Morgan fingerprint density at radius 3 is 2.95 bits per heavy atom. The first-order chi connectivity index (χ1) is 9.20. The van der Waals surface area contributed by atoms with Crippen molar-refractivity contribution in [1.82, 2.24) is 10.5 Å². The van der Waals surface area contributed by atoms with Gasteiger partial charge in [0.05, 0.1) is 17.9 Å². The van der Waals surface area contributed by atoms with E-state index < -0.39 is 0 Å². The van der Waals surface area contributed by atoms with Gasteiger partial charge in [0.25, 0.3) is 5.91 Å². The molecule has 0 fully saturated rings. The van der Waals surface area contributed by atoms with Gasteiger partial charge in [-0.2, -0.15) is 0 Å². The van der Waals surface area contributed by atoms with Crippen molar-refractivity contribution in [1.29, 1.82) is 0 Å². The second kappa shape index (κ2) is 5.90. The summed E-state index contributed by atoms with van der Waals surface area (Å²) in [5.74, 6) is -0.119. The summed E-state index contributed by atoms with van der Waals surface area (Å²) in [6, 6.07) is 6.88. The first-order valence-corrected chi connectivity index (χ1v) is 6.01. The van der Waals surface area contributed by atoms with E-state index >= 15 is 0 Å². The van der Waals surface area contributed by atoms with E-state index in [0.29, 0.717) is 30.0 Å². The zero-order valence-corrected chi connectivity index (χ0v) is 10.6. The highest BCUT2D eigenvalue weighted by Crippen LogP contribution is 2.20. The molecule has 6 nitrogen and oxygen atoms in total. The maximum atomic E-state index is 11.7. The normalized spacial score (nSPS) is 10.2. The number of nitrogens with two attached hydrogens (primary N) is 1. The number of anilines is 2. The Hall–Kier alpha value is -2.50. The average molecular weight is 260 g/mol. The Balaban J connectivity index is 2.10. The van der Waals surface area contributed by atoms with E-state index in [9.17, 15) is 4.79 Å². The topological polar surface area (TPSA) is 93.2 Å². The first-order valence-electron chi connectivity index (χ1n) is 6.01. The summed E-state index contributed by atoms with van der Waals surface area (Å²) in [4.78, 5) is 11.7. The fourth-order valence-electron chi connectivity index (χ4n) is 1.63. The summed E-state index contributed by atoms with van der Waals surface area (Å²) >= 11 is 0. The third kappa shape index (κ3) is 3.25. The fourth-order valence-corrected chi connectivity index (χ4v) is 1.63. The number of benzene rings is 1. The maximum absolute atomic E-state index is 11.7. The van der Waals surface area contributed by atoms with Crippen molar-refractivity contribution < 1.29 is 9.32 Å². The van der Waals surface area contributed by atoms with E-state index in [1.165, 1.54) is 6.26 Å². The Morgan fingerprint density at radius 1 is 1.42 bits per heavy atom. The smallest absolute Gasteiger partial charge is 0.251 e. The standard InChI is InChI=1S/C13H16N4O2/c1-2-15-13(18)9-3-4-11(14)12(7-9)16-8-10-5-6-19-17-10/h3-7,16H,2,8,14H2,1H3,(H,15,18). The van der Waals surface area contributed by atoms with E-state index in [4.69, 9.17) is 10.3 Å². The molecule has 0 radical (unpaired) electrons. The van der Waals surface area contributed by atoms with Crippen LogP contribution in [-0.2, 0) is 6.54 Å². The molecule has 1 aromatic carbocycles. The third-order valence-corrected chi connectivity index (χ3v) is 2.60. The number of carbonyl (C=O) groups excluding carboxylic acids is 1. The number of nitrogens with one attached hydrogen (secondary N) is 2. The molecule has 1 amide bonds. The van der Waals surface area contributed by atoms with Gasteiger partial charge in [0, 0.05) is 18.2 Å². The molecule has 19 heavy (non-hydrogen) atoms. The van der Waals surface area contributed by atoms with Crippen molar-refractivity contribution >= 4 is 17.3 Å². The van der Waals surface area contributed by atoms with Crippen LogP contribution in [0.1, 0.15) is 23.0 Å². The molecule has 0 unspecified atom stereocenters. The SMILES string of the molecule is CCNC(=O)c1ccc(N)c(NCc2ccon2)c1.